The summed E-state index contributed by atoms with van der Waals surface area (Å²) in [4.78, 5) is 16.9. The molecule has 0 saturated carbocycles. The van der Waals surface area contributed by atoms with Crippen LogP contribution in [0.25, 0.3) is 0 Å². The Kier molecular flexibility index (Phi) is 6.81. The van der Waals surface area contributed by atoms with Crippen LogP contribution in [0.2, 0.25) is 0 Å². The van der Waals surface area contributed by atoms with Gasteiger partial charge in [-0.15, -0.1) is 10.2 Å². The van der Waals surface area contributed by atoms with Crippen LogP contribution in [0.1, 0.15) is 11.3 Å². The van der Waals surface area contributed by atoms with E-state index in [4.69, 9.17) is 9.15 Å². The number of amides is 1. The minimum Gasteiger partial charge on any atom is -0.467 e. The molecule has 0 radical (unpaired) electrons. The number of rotatable bonds is 8. The van der Waals surface area contributed by atoms with Gasteiger partial charge in [0.2, 0.25) is 11.0 Å². The number of carbonyl (C=O) groups excluding carboxylic acids is 1. The number of furan rings is 1. The maximum absolute atomic E-state index is 12.9. The Balaban J connectivity index is 1.37. The van der Waals surface area contributed by atoms with Gasteiger partial charge in [-0.05, 0) is 17.7 Å². The largest absolute Gasteiger partial charge is 0.467 e. The molecule has 7 nitrogen and oxygen atoms in total. The molecule has 0 atom stereocenters. The van der Waals surface area contributed by atoms with Crippen molar-refractivity contribution in [2.24, 2.45) is 0 Å². The van der Waals surface area contributed by atoms with Crippen LogP contribution >= 0.6 is 23.1 Å². The van der Waals surface area contributed by atoms with Crippen molar-refractivity contribution in [1.29, 1.82) is 0 Å². The molecule has 3 heterocycles. The molecule has 29 heavy (non-hydrogen) atoms. The van der Waals surface area contributed by atoms with E-state index in [1.807, 2.05) is 47.4 Å². The number of morpholine rings is 1. The molecule has 0 spiro atoms. The lowest BCUT2D eigenvalue weighted by Crippen LogP contribution is -2.36. The Labute approximate surface area is 177 Å². The van der Waals surface area contributed by atoms with E-state index in [1.54, 1.807) is 6.26 Å². The molecule has 1 aliphatic rings. The van der Waals surface area contributed by atoms with E-state index in [9.17, 15) is 4.79 Å². The topological polar surface area (TPSA) is 71.7 Å². The van der Waals surface area contributed by atoms with Gasteiger partial charge in [0, 0.05) is 19.6 Å². The van der Waals surface area contributed by atoms with Gasteiger partial charge in [0.05, 0.1) is 31.8 Å². The van der Waals surface area contributed by atoms with E-state index < -0.39 is 0 Å². The molecule has 1 fully saturated rings. The number of benzene rings is 1. The Morgan fingerprint density at radius 3 is 2.69 bits per heavy atom. The molecule has 1 aromatic carbocycles. The predicted molar refractivity (Wildman–Crippen MR) is 113 cm³/mol. The summed E-state index contributed by atoms with van der Waals surface area (Å²) < 4.78 is 11.6. The van der Waals surface area contributed by atoms with E-state index in [0.29, 0.717) is 32.1 Å². The summed E-state index contributed by atoms with van der Waals surface area (Å²) in [7, 11) is 0. The normalized spacial score (nSPS) is 14.1. The molecular formula is C20H22N4O3S2. The second kappa shape index (κ2) is 9.91. The zero-order valence-electron chi connectivity index (χ0n) is 15.9. The number of aromatic nitrogens is 2. The van der Waals surface area contributed by atoms with Crippen molar-refractivity contribution in [3.8, 4) is 0 Å². The zero-order valence-corrected chi connectivity index (χ0v) is 17.5. The molecule has 4 rings (SSSR count). The lowest BCUT2D eigenvalue weighted by Gasteiger charge is -2.25. The number of anilines is 1. The first-order chi connectivity index (χ1) is 14.3. The van der Waals surface area contributed by atoms with Crippen LogP contribution in [-0.4, -0.2) is 53.1 Å². The van der Waals surface area contributed by atoms with Gasteiger partial charge in [-0.25, -0.2) is 0 Å². The Bertz CT molecular complexity index is 896. The van der Waals surface area contributed by atoms with Crippen LogP contribution < -0.4 is 4.90 Å². The van der Waals surface area contributed by atoms with E-state index in [-0.39, 0.29) is 5.91 Å². The molecule has 2 aromatic heterocycles. The van der Waals surface area contributed by atoms with Gasteiger partial charge in [-0.2, -0.15) is 0 Å². The number of ether oxygens (including phenoxy) is 1. The highest BCUT2D eigenvalue weighted by Crippen LogP contribution is 2.29. The quantitative estimate of drug-likeness (QED) is 0.508. The van der Waals surface area contributed by atoms with Crippen molar-refractivity contribution >= 4 is 34.1 Å². The van der Waals surface area contributed by atoms with E-state index >= 15 is 0 Å². The van der Waals surface area contributed by atoms with Crippen LogP contribution in [0.4, 0.5) is 5.13 Å². The van der Waals surface area contributed by atoms with Crippen LogP contribution in [-0.2, 0) is 22.6 Å². The summed E-state index contributed by atoms with van der Waals surface area (Å²) >= 11 is 2.95. The van der Waals surface area contributed by atoms with Crippen molar-refractivity contribution in [2.45, 2.75) is 17.4 Å². The molecule has 9 heteroatoms. The van der Waals surface area contributed by atoms with Crippen molar-refractivity contribution < 1.29 is 13.9 Å². The summed E-state index contributed by atoms with van der Waals surface area (Å²) in [6, 6.07) is 13.7. The fraction of sp³-hybridized carbons (Fsp3) is 0.350. The molecule has 0 aliphatic carbocycles. The van der Waals surface area contributed by atoms with Crippen molar-refractivity contribution in [3.63, 3.8) is 0 Å². The molecule has 1 saturated heterocycles. The number of thioether (sulfide) groups is 1. The van der Waals surface area contributed by atoms with E-state index in [0.717, 1.165) is 33.9 Å². The predicted octanol–water partition coefficient (Wildman–Crippen LogP) is 3.29. The summed E-state index contributed by atoms with van der Waals surface area (Å²) in [6.07, 6.45) is 1.63. The van der Waals surface area contributed by atoms with Crippen molar-refractivity contribution in [1.82, 2.24) is 15.1 Å². The lowest BCUT2D eigenvalue weighted by atomic mass is 10.2. The summed E-state index contributed by atoms with van der Waals surface area (Å²) in [5, 5.41) is 9.40. The van der Waals surface area contributed by atoms with E-state index in [1.165, 1.54) is 23.1 Å². The third kappa shape index (κ3) is 5.59. The highest BCUT2D eigenvalue weighted by Gasteiger charge is 2.19. The first-order valence-corrected chi connectivity index (χ1v) is 11.2. The van der Waals surface area contributed by atoms with Crippen LogP contribution in [0.3, 0.4) is 0 Å². The average Bonchev–Trinajstić information content (AvgIpc) is 3.45. The number of hydrogen-bond acceptors (Lipinski definition) is 8. The van der Waals surface area contributed by atoms with Crippen LogP contribution in [0, 0.1) is 0 Å². The molecular weight excluding hydrogens is 408 g/mol. The van der Waals surface area contributed by atoms with Gasteiger partial charge in [0.25, 0.3) is 0 Å². The van der Waals surface area contributed by atoms with Crippen LogP contribution in [0.15, 0.2) is 57.5 Å². The third-order valence-electron chi connectivity index (χ3n) is 4.49. The van der Waals surface area contributed by atoms with Gasteiger partial charge in [0.15, 0.2) is 4.34 Å². The number of carbonyl (C=O) groups is 1. The van der Waals surface area contributed by atoms with E-state index in [2.05, 4.69) is 15.1 Å². The summed E-state index contributed by atoms with van der Waals surface area (Å²) in [5.74, 6) is 1.12. The Hall–Kier alpha value is -2.36. The second-order valence-corrected chi connectivity index (χ2v) is 8.73. The van der Waals surface area contributed by atoms with Gasteiger partial charge in [-0.1, -0.05) is 53.4 Å². The standard InChI is InChI=1S/C20H22N4O3S2/c25-18(15-28-20-22-21-19(29-20)23-8-11-26-12-9-23)24(14-17-7-4-10-27-17)13-16-5-2-1-3-6-16/h1-7,10H,8-9,11-15H2. The molecule has 1 aliphatic heterocycles. The van der Waals surface area contributed by atoms with Crippen molar-refractivity contribution in [3.05, 3.63) is 60.1 Å². The fourth-order valence-corrected chi connectivity index (χ4v) is 4.78. The smallest absolute Gasteiger partial charge is 0.233 e. The molecule has 0 N–H and O–H groups in total. The Morgan fingerprint density at radius 2 is 1.93 bits per heavy atom. The monoisotopic (exact) mass is 430 g/mol. The first kappa shape index (κ1) is 19.9. The molecule has 1 amide bonds. The van der Waals surface area contributed by atoms with Crippen molar-refractivity contribution in [2.75, 3.05) is 37.0 Å². The fourth-order valence-electron chi connectivity index (χ4n) is 2.98. The maximum Gasteiger partial charge on any atom is 0.233 e. The summed E-state index contributed by atoms with van der Waals surface area (Å²) in [6.45, 7) is 4.05. The minimum absolute atomic E-state index is 0.0402. The number of nitrogens with zero attached hydrogens (tertiary/aromatic N) is 4. The molecule has 0 bridgehead atoms. The molecule has 152 valence electrons. The van der Waals surface area contributed by atoms with Crippen LogP contribution in [0.5, 0.6) is 0 Å². The number of hydrogen-bond donors (Lipinski definition) is 0. The molecule has 0 unspecified atom stereocenters. The first-order valence-electron chi connectivity index (χ1n) is 9.41. The summed E-state index contributed by atoms with van der Waals surface area (Å²) in [5.41, 5.74) is 1.09. The average molecular weight is 431 g/mol. The molecule has 3 aromatic rings. The minimum atomic E-state index is 0.0402. The van der Waals surface area contributed by atoms with Gasteiger partial charge < -0.3 is 19.0 Å². The van der Waals surface area contributed by atoms with Gasteiger partial charge in [0.1, 0.15) is 5.76 Å². The second-order valence-electron chi connectivity index (χ2n) is 6.55. The maximum atomic E-state index is 12.9. The van der Waals surface area contributed by atoms with Gasteiger partial charge in [-0.3, -0.25) is 4.79 Å². The highest BCUT2D eigenvalue weighted by molar-refractivity contribution is 8.01. The lowest BCUT2D eigenvalue weighted by molar-refractivity contribution is -0.129. The SMILES string of the molecule is O=C(CSc1nnc(N2CCOCC2)s1)N(Cc1ccccc1)Cc1ccco1. The Morgan fingerprint density at radius 1 is 1.10 bits per heavy atom. The zero-order chi connectivity index (χ0) is 19.9. The third-order valence-corrected chi connectivity index (χ3v) is 6.59. The van der Waals surface area contributed by atoms with Gasteiger partial charge >= 0.3 is 0 Å². The highest BCUT2D eigenvalue weighted by atomic mass is 32.2.